The van der Waals surface area contributed by atoms with Gasteiger partial charge >= 0.3 is 5.69 Å². The minimum atomic E-state index is -0.463. The summed E-state index contributed by atoms with van der Waals surface area (Å²) in [6.45, 7) is 4.03. The van der Waals surface area contributed by atoms with E-state index in [1.165, 1.54) is 18.5 Å². The molecule has 0 aliphatic rings. The van der Waals surface area contributed by atoms with Gasteiger partial charge in [0.2, 0.25) is 0 Å². The first-order valence-electron chi connectivity index (χ1n) is 7.46. The van der Waals surface area contributed by atoms with Gasteiger partial charge in [0.25, 0.3) is 0 Å². The number of aromatic amines is 1. The number of halogens is 2. The van der Waals surface area contributed by atoms with Gasteiger partial charge in [0, 0.05) is 29.6 Å². The van der Waals surface area contributed by atoms with Crippen molar-refractivity contribution in [1.29, 1.82) is 0 Å². The van der Waals surface area contributed by atoms with Crippen molar-refractivity contribution in [3.8, 4) is 11.1 Å². The fraction of sp³-hybridized carbons (Fsp3) is 0.312. The minimum absolute atomic E-state index is 0.0109. The largest absolute Gasteiger partial charge is 0.327 e. The predicted octanol–water partition coefficient (Wildman–Crippen LogP) is 3.94. The van der Waals surface area contributed by atoms with Crippen LogP contribution in [0.15, 0.2) is 29.5 Å². The Morgan fingerprint density at radius 1 is 1.30 bits per heavy atom. The van der Waals surface area contributed by atoms with E-state index >= 15 is 0 Å². The first-order valence-corrected chi connectivity index (χ1v) is 7.84. The molecule has 1 N–H and O–H groups in total. The number of nitrogens with zero attached hydrogens (tertiary/aromatic N) is 3. The molecule has 7 heteroatoms. The maximum atomic E-state index is 13.6. The fourth-order valence-corrected chi connectivity index (χ4v) is 3.14. The van der Waals surface area contributed by atoms with E-state index in [2.05, 4.69) is 15.0 Å². The molecule has 120 valence electrons. The van der Waals surface area contributed by atoms with E-state index in [0.717, 1.165) is 19.0 Å². The Hall–Kier alpha value is -2.21. The Bertz CT molecular complexity index is 914. The van der Waals surface area contributed by atoms with Gasteiger partial charge in [-0.05, 0) is 18.9 Å². The third-order valence-electron chi connectivity index (χ3n) is 3.99. The van der Waals surface area contributed by atoms with E-state index < -0.39 is 5.82 Å². The molecule has 0 aromatic carbocycles. The lowest BCUT2D eigenvalue weighted by atomic mass is 10.1. The molecule has 3 heterocycles. The summed E-state index contributed by atoms with van der Waals surface area (Å²) in [6.07, 6.45) is 5.68. The van der Waals surface area contributed by atoms with Crippen molar-refractivity contribution in [3.05, 3.63) is 46.0 Å². The summed E-state index contributed by atoms with van der Waals surface area (Å²) >= 11 is 6.32. The second-order valence-electron chi connectivity index (χ2n) is 5.34. The number of H-pyrrole nitrogens is 1. The Kier molecular flexibility index (Phi) is 4.17. The Labute approximate surface area is 137 Å². The lowest BCUT2D eigenvalue weighted by Gasteiger charge is -2.16. The average molecular weight is 335 g/mol. The van der Waals surface area contributed by atoms with Crippen molar-refractivity contribution in [1.82, 2.24) is 19.5 Å². The molecule has 3 rings (SSSR count). The first-order chi connectivity index (χ1) is 11.1. The van der Waals surface area contributed by atoms with E-state index in [0.29, 0.717) is 27.3 Å². The maximum Gasteiger partial charge on any atom is 0.327 e. The van der Waals surface area contributed by atoms with Gasteiger partial charge in [-0.1, -0.05) is 25.4 Å². The van der Waals surface area contributed by atoms with Crippen LogP contribution in [0.1, 0.15) is 32.7 Å². The minimum Gasteiger partial charge on any atom is -0.290 e. The SMILES string of the molecule is CCC(CC)n1c(=O)[nH]c2ncc(Cl)c(-c3cncc(F)c3)c21. The molecule has 0 amide bonds. The molecule has 0 aliphatic carbocycles. The van der Waals surface area contributed by atoms with Crippen molar-refractivity contribution in [2.24, 2.45) is 0 Å². The third-order valence-corrected chi connectivity index (χ3v) is 4.28. The van der Waals surface area contributed by atoms with Gasteiger partial charge in [0.15, 0.2) is 5.65 Å². The highest BCUT2D eigenvalue weighted by Gasteiger charge is 2.21. The number of pyridine rings is 2. The van der Waals surface area contributed by atoms with Crippen molar-refractivity contribution < 1.29 is 4.39 Å². The zero-order valence-corrected chi connectivity index (χ0v) is 13.6. The second kappa shape index (κ2) is 6.12. The van der Waals surface area contributed by atoms with Crippen LogP contribution >= 0.6 is 11.6 Å². The smallest absolute Gasteiger partial charge is 0.290 e. The highest BCUT2D eigenvalue weighted by atomic mass is 35.5. The molecule has 3 aromatic heterocycles. The van der Waals surface area contributed by atoms with Crippen molar-refractivity contribution in [2.75, 3.05) is 0 Å². The number of imidazole rings is 1. The highest BCUT2D eigenvalue weighted by Crippen LogP contribution is 2.34. The summed E-state index contributed by atoms with van der Waals surface area (Å²) in [7, 11) is 0. The predicted molar refractivity (Wildman–Crippen MR) is 88.2 cm³/mol. The van der Waals surface area contributed by atoms with Gasteiger partial charge in [-0.3, -0.25) is 14.5 Å². The fourth-order valence-electron chi connectivity index (χ4n) is 2.89. The molecule has 5 nitrogen and oxygen atoms in total. The molecule has 0 fully saturated rings. The molecule has 3 aromatic rings. The molecular formula is C16H16ClFN4O. The molecule has 0 bridgehead atoms. The van der Waals surface area contributed by atoms with Crippen LogP contribution in [0, 0.1) is 5.82 Å². The van der Waals surface area contributed by atoms with E-state index in [9.17, 15) is 9.18 Å². The monoisotopic (exact) mass is 334 g/mol. The maximum absolute atomic E-state index is 13.6. The molecule has 0 unspecified atom stereocenters. The van der Waals surface area contributed by atoms with Gasteiger partial charge in [0.1, 0.15) is 5.82 Å². The summed E-state index contributed by atoms with van der Waals surface area (Å²) in [5.74, 6) is -0.463. The Morgan fingerprint density at radius 3 is 2.70 bits per heavy atom. The standard InChI is InChI=1S/C16H16ClFN4O/c1-3-11(4-2)22-14-13(9-5-10(18)7-19-6-9)12(17)8-20-15(14)21-16(22)23/h5-8,11H,3-4H2,1-2H3,(H,20,21,23). The molecular weight excluding hydrogens is 319 g/mol. The first kappa shape index (κ1) is 15.7. The van der Waals surface area contributed by atoms with Crippen LogP contribution in [-0.2, 0) is 0 Å². The van der Waals surface area contributed by atoms with E-state index in [1.54, 1.807) is 4.57 Å². The zero-order chi connectivity index (χ0) is 16.6. The topological polar surface area (TPSA) is 63.6 Å². The highest BCUT2D eigenvalue weighted by molar-refractivity contribution is 6.34. The van der Waals surface area contributed by atoms with E-state index in [1.807, 2.05) is 13.8 Å². The Balaban J connectivity index is 2.41. The third kappa shape index (κ3) is 2.63. The van der Waals surface area contributed by atoms with Gasteiger partial charge in [-0.25, -0.2) is 14.2 Å². The number of rotatable bonds is 4. The van der Waals surface area contributed by atoms with Crippen LogP contribution in [0.25, 0.3) is 22.3 Å². The summed E-state index contributed by atoms with van der Waals surface area (Å²) in [5.41, 5.74) is 1.86. The second-order valence-corrected chi connectivity index (χ2v) is 5.75. The van der Waals surface area contributed by atoms with Crippen LogP contribution in [0.2, 0.25) is 5.02 Å². The molecule has 0 saturated carbocycles. The summed E-state index contributed by atoms with van der Waals surface area (Å²) in [4.78, 5) is 23.2. The normalized spacial score (nSPS) is 11.5. The Morgan fingerprint density at radius 2 is 2.04 bits per heavy atom. The van der Waals surface area contributed by atoms with Crippen LogP contribution in [0.5, 0.6) is 0 Å². The van der Waals surface area contributed by atoms with Gasteiger partial charge < -0.3 is 0 Å². The molecule has 0 spiro atoms. The van der Waals surface area contributed by atoms with Crippen molar-refractivity contribution >= 4 is 22.8 Å². The van der Waals surface area contributed by atoms with Crippen LogP contribution in [-0.4, -0.2) is 19.5 Å². The quantitative estimate of drug-likeness (QED) is 0.786. The molecule has 23 heavy (non-hydrogen) atoms. The number of aromatic nitrogens is 4. The summed E-state index contributed by atoms with van der Waals surface area (Å²) in [6, 6.07) is 1.36. The van der Waals surface area contributed by atoms with E-state index in [4.69, 9.17) is 11.6 Å². The molecule has 0 saturated heterocycles. The average Bonchev–Trinajstić information content (AvgIpc) is 2.85. The number of nitrogens with one attached hydrogen (secondary N) is 1. The zero-order valence-electron chi connectivity index (χ0n) is 12.8. The van der Waals surface area contributed by atoms with Gasteiger partial charge in [-0.15, -0.1) is 0 Å². The lowest BCUT2D eigenvalue weighted by molar-refractivity contribution is 0.472. The molecule has 0 aliphatic heterocycles. The van der Waals surface area contributed by atoms with Crippen LogP contribution < -0.4 is 5.69 Å². The summed E-state index contributed by atoms with van der Waals surface area (Å²) in [5, 5.41) is 0.351. The van der Waals surface area contributed by atoms with Crippen LogP contribution in [0.4, 0.5) is 4.39 Å². The van der Waals surface area contributed by atoms with Gasteiger partial charge in [-0.2, -0.15) is 0 Å². The van der Waals surface area contributed by atoms with Gasteiger partial charge in [0.05, 0.1) is 16.7 Å². The van der Waals surface area contributed by atoms with E-state index in [-0.39, 0.29) is 11.7 Å². The number of hydrogen-bond acceptors (Lipinski definition) is 3. The van der Waals surface area contributed by atoms with Crippen molar-refractivity contribution in [2.45, 2.75) is 32.7 Å². The number of fused-ring (bicyclic) bond motifs is 1. The number of hydrogen-bond donors (Lipinski definition) is 1. The molecule has 0 atom stereocenters. The lowest BCUT2D eigenvalue weighted by Crippen LogP contribution is -2.21. The summed E-state index contributed by atoms with van der Waals surface area (Å²) < 4.78 is 15.2. The molecule has 0 radical (unpaired) electrons. The van der Waals surface area contributed by atoms with Crippen molar-refractivity contribution in [3.63, 3.8) is 0 Å². The van der Waals surface area contributed by atoms with Crippen LogP contribution in [0.3, 0.4) is 0 Å².